The van der Waals surface area contributed by atoms with Gasteiger partial charge in [-0.2, -0.15) is 0 Å². The molecule has 1 aromatic heterocycles. The molecule has 26 heavy (non-hydrogen) atoms. The maximum atomic E-state index is 13.2. The highest BCUT2D eigenvalue weighted by atomic mass is 35.5. The number of aromatic nitrogens is 1. The van der Waals surface area contributed by atoms with Gasteiger partial charge in [0.1, 0.15) is 10.7 Å². The summed E-state index contributed by atoms with van der Waals surface area (Å²) >= 11 is 1.48. The summed E-state index contributed by atoms with van der Waals surface area (Å²) in [5.74, 6) is 0.0719. The van der Waals surface area contributed by atoms with Crippen LogP contribution in [-0.2, 0) is 11.3 Å². The first-order valence-electron chi connectivity index (χ1n) is 9.73. The number of hydrogen-bond acceptors (Lipinski definition) is 5. The molecule has 5 nitrogen and oxygen atoms in total. The van der Waals surface area contributed by atoms with E-state index in [4.69, 9.17) is 10.5 Å². The number of carbonyl (C=O) groups excluding carboxylic acids is 1. The van der Waals surface area contributed by atoms with Crippen molar-refractivity contribution in [2.45, 2.75) is 77.5 Å². The molecule has 1 amide bonds. The zero-order valence-corrected chi connectivity index (χ0v) is 17.5. The van der Waals surface area contributed by atoms with Gasteiger partial charge in [-0.05, 0) is 32.6 Å². The molecule has 1 aromatic rings. The Hall–Kier alpha value is -0.690. The minimum Gasteiger partial charge on any atom is -0.378 e. The molecule has 2 unspecified atom stereocenters. The van der Waals surface area contributed by atoms with Crippen LogP contribution in [0.4, 0.5) is 0 Å². The minimum atomic E-state index is 0. The van der Waals surface area contributed by atoms with Crippen molar-refractivity contribution < 1.29 is 9.53 Å². The number of nitrogens with zero attached hydrogens (tertiary/aromatic N) is 2. The van der Waals surface area contributed by atoms with E-state index in [9.17, 15) is 4.79 Å². The summed E-state index contributed by atoms with van der Waals surface area (Å²) in [6, 6.07) is 0.292. The van der Waals surface area contributed by atoms with E-state index in [1.165, 1.54) is 43.4 Å². The predicted molar refractivity (Wildman–Crippen MR) is 108 cm³/mol. The summed E-state index contributed by atoms with van der Waals surface area (Å²) in [5, 5.41) is 2.69. The number of amides is 1. The van der Waals surface area contributed by atoms with E-state index in [1.54, 1.807) is 0 Å². The number of carbonyl (C=O) groups is 1. The zero-order valence-electron chi connectivity index (χ0n) is 15.9. The largest absolute Gasteiger partial charge is 0.378 e. The summed E-state index contributed by atoms with van der Waals surface area (Å²) in [4.78, 5) is 19.7. The first kappa shape index (κ1) is 21.6. The molecule has 2 atom stereocenters. The molecule has 2 aliphatic rings. The topological polar surface area (TPSA) is 68.5 Å². The number of nitrogens with two attached hydrogens (primary N) is 1. The van der Waals surface area contributed by atoms with Crippen molar-refractivity contribution in [3.8, 4) is 0 Å². The first-order chi connectivity index (χ1) is 12.2. The van der Waals surface area contributed by atoms with Gasteiger partial charge in [-0.25, -0.2) is 4.98 Å². The molecule has 2 fully saturated rings. The summed E-state index contributed by atoms with van der Waals surface area (Å²) < 4.78 is 6.07. The van der Waals surface area contributed by atoms with Crippen molar-refractivity contribution in [3.63, 3.8) is 0 Å². The van der Waals surface area contributed by atoms with Crippen LogP contribution in [0.1, 0.15) is 74.3 Å². The molecule has 7 heteroatoms. The van der Waals surface area contributed by atoms with Gasteiger partial charge in [-0.3, -0.25) is 4.79 Å². The average molecular weight is 402 g/mol. The molecule has 3 rings (SSSR count). The van der Waals surface area contributed by atoms with Gasteiger partial charge in [-0.1, -0.05) is 26.2 Å². The van der Waals surface area contributed by atoms with E-state index >= 15 is 0 Å². The highest BCUT2D eigenvalue weighted by molar-refractivity contribution is 7.09. The van der Waals surface area contributed by atoms with Crippen LogP contribution in [0.5, 0.6) is 0 Å². The lowest BCUT2D eigenvalue weighted by Gasteiger charge is -2.60. The van der Waals surface area contributed by atoms with Gasteiger partial charge in [0.2, 0.25) is 0 Å². The number of thiazole rings is 1. The van der Waals surface area contributed by atoms with E-state index in [-0.39, 0.29) is 23.7 Å². The van der Waals surface area contributed by atoms with Crippen LogP contribution in [-0.4, -0.2) is 41.1 Å². The van der Waals surface area contributed by atoms with Crippen molar-refractivity contribution >= 4 is 29.7 Å². The molecule has 2 saturated carbocycles. The molecule has 0 radical (unpaired) electrons. The number of halogens is 1. The SMILES string of the molecule is CCCN(C(=O)c1csc(CN)n1)C1CC(OCC)C12CCCCC2.Cl. The standard InChI is InChI=1S/C19H31N3O2S.ClH/c1-3-10-22(18(23)14-13-25-17(12-20)21-14)15-11-16(24-4-2)19(15)8-6-5-7-9-19;/h13,15-16H,3-12,20H2,1-2H3;1H. The predicted octanol–water partition coefficient (Wildman–Crippen LogP) is 4.00. The van der Waals surface area contributed by atoms with Crippen molar-refractivity contribution in [3.05, 3.63) is 16.1 Å². The van der Waals surface area contributed by atoms with E-state index in [0.717, 1.165) is 31.0 Å². The molecule has 0 aliphatic heterocycles. The first-order valence-corrected chi connectivity index (χ1v) is 10.6. The Morgan fingerprint density at radius 2 is 2.12 bits per heavy atom. The third kappa shape index (κ3) is 3.93. The van der Waals surface area contributed by atoms with Gasteiger partial charge in [0.15, 0.2) is 0 Å². The second-order valence-electron chi connectivity index (χ2n) is 7.32. The lowest BCUT2D eigenvalue weighted by molar-refractivity contribution is -0.174. The van der Waals surface area contributed by atoms with Crippen molar-refractivity contribution in [1.29, 1.82) is 0 Å². The quantitative estimate of drug-likeness (QED) is 0.749. The fourth-order valence-corrected chi connectivity index (χ4v) is 5.40. The van der Waals surface area contributed by atoms with Gasteiger partial charge in [0.25, 0.3) is 5.91 Å². The maximum Gasteiger partial charge on any atom is 0.273 e. The molecule has 2 N–H and O–H groups in total. The Kier molecular flexibility index (Phi) is 7.89. The molecule has 0 bridgehead atoms. The van der Waals surface area contributed by atoms with Crippen molar-refractivity contribution in [1.82, 2.24) is 9.88 Å². The van der Waals surface area contributed by atoms with Gasteiger partial charge >= 0.3 is 0 Å². The van der Waals surface area contributed by atoms with Gasteiger partial charge < -0.3 is 15.4 Å². The molecule has 0 saturated heterocycles. The van der Waals surface area contributed by atoms with E-state index < -0.39 is 0 Å². The van der Waals surface area contributed by atoms with Crippen molar-refractivity contribution in [2.75, 3.05) is 13.2 Å². The van der Waals surface area contributed by atoms with Crippen LogP contribution < -0.4 is 5.73 Å². The van der Waals surface area contributed by atoms with Gasteiger partial charge in [0, 0.05) is 36.5 Å². The number of hydrogen-bond donors (Lipinski definition) is 1. The van der Waals surface area contributed by atoms with Crippen LogP contribution in [0.15, 0.2) is 5.38 Å². The zero-order chi connectivity index (χ0) is 17.9. The van der Waals surface area contributed by atoms with E-state index in [1.807, 2.05) is 5.38 Å². The van der Waals surface area contributed by atoms with E-state index in [0.29, 0.717) is 24.4 Å². The Morgan fingerprint density at radius 3 is 2.69 bits per heavy atom. The summed E-state index contributed by atoms with van der Waals surface area (Å²) in [7, 11) is 0. The van der Waals surface area contributed by atoms with Crippen LogP contribution in [0.3, 0.4) is 0 Å². The molecule has 1 spiro atoms. The van der Waals surface area contributed by atoms with Gasteiger partial charge in [0.05, 0.1) is 6.10 Å². The third-order valence-electron chi connectivity index (χ3n) is 5.94. The smallest absolute Gasteiger partial charge is 0.273 e. The van der Waals surface area contributed by atoms with Crippen LogP contribution >= 0.6 is 23.7 Å². The summed E-state index contributed by atoms with van der Waals surface area (Å²) in [6.45, 7) is 6.15. The normalized spacial score (nSPS) is 24.0. The van der Waals surface area contributed by atoms with Crippen molar-refractivity contribution in [2.24, 2.45) is 11.1 Å². The molecular weight excluding hydrogens is 370 g/mol. The molecule has 1 heterocycles. The Labute approximate surface area is 167 Å². The third-order valence-corrected chi connectivity index (χ3v) is 6.81. The second kappa shape index (κ2) is 9.49. The minimum absolute atomic E-state index is 0. The molecule has 148 valence electrons. The monoisotopic (exact) mass is 401 g/mol. The Bertz CT molecular complexity index is 589. The van der Waals surface area contributed by atoms with Crippen LogP contribution in [0.25, 0.3) is 0 Å². The average Bonchev–Trinajstić information content (AvgIpc) is 3.13. The lowest BCUT2D eigenvalue weighted by atomic mass is 9.54. The fourth-order valence-electron chi connectivity index (χ4n) is 4.75. The summed E-state index contributed by atoms with van der Waals surface area (Å²) in [6.07, 6.45) is 8.41. The van der Waals surface area contributed by atoms with Crippen LogP contribution in [0.2, 0.25) is 0 Å². The van der Waals surface area contributed by atoms with Crippen LogP contribution in [0, 0.1) is 5.41 Å². The molecule has 2 aliphatic carbocycles. The second-order valence-corrected chi connectivity index (χ2v) is 8.26. The Balaban J connectivity index is 0.00000243. The van der Waals surface area contributed by atoms with Gasteiger partial charge in [-0.15, -0.1) is 23.7 Å². The highest BCUT2D eigenvalue weighted by Crippen LogP contribution is 2.55. The van der Waals surface area contributed by atoms with E-state index in [2.05, 4.69) is 23.7 Å². The Morgan fingerprint density at radius 1 is 1.38 bits per heavy atom. The number of ether oxygens (including phenoxy) is 1. The molecular formula is C19H32ClN3O2S. The maximum absolute atomic E-state index is 13.2. The summed E-state index contributed by atoms with van der Waals surface area (Å²) in [5.41, 5.74) is 6.38. The lowest BCUT2D eigenvalue weighted by Crippen LogP contribution is -2.66. The molecule has 0 aromatic carbocycles. The fraction of sp³-hybridized carbons (Fsp3) is 0.789. The highest BCUT2D eigenvalue weighted by Gasteiger charge is 2.58. The number of rotatable bonds is 7.